The van der Waals surface area contributed by atoms with E-state index in [9.17, 15) is 4.79 Å². The third-order valence-electron chi connectivity index (χ3n) is 3.50. The van der Waals surface area contributed by atoms with Crippen LogP contribution in [-0.4, -0.2) is 29.4 Å². The molecule has 0 spiro atoms. The first kappa shape index (κ1) is 14.1. The standard InChI is InChI=1S/C13H22N4OS/c1-4-9-5-6-17(7-9)13-10(11(14)16-19-13)12(18)15-8(2)3/h8-9H,4-7H2,1-3H3,(H2,14,16)(H,15,18). The van der Waals surface area contributed by atoms with Crippen LogP contribution in [0.5, 0.6) is 0 Å². The topological polar surface area (TPSA) is 71.2 Å². The zero-order chi connectivity index (χ0) is 14.0. The maximum Gasteiger partial charge on any atom is 0.258 e. The van der Waals surface area contributed by atoms with Crippen molar-refractivity contribution < 1.29 is 4.79 Å². The maximum absolute atomic E-state index is 12.2. The molecule has 1 atom stereocenters. The smallest absolute Gasteiger partial charge is 0.258 e. The van der Waals surface area contributed by atoms with Crippen molar-refractivity contribution in [2.24, 2.45) is 5.92 Å². The van der Waals surface area contributed by atoms with Gasteiger partial charge in [0.1, 0.15) is 10.6 Å². The summed E-state index contributed by atoms with van der Waals surface area (Å²) in [5, 5.41) is 3.82. The number of nitrogen functional groups attached to an aromatic ring is 1. The maximum atomic E-state index is 12.2. The Morgan fingerprint density at radius 1 is 1.63 bits per heavy atom. The SMILES string of the molecule is CCC1CCN(c2snc(N)c2C(=O)NC(C)C)C1. The Labute approximate surface area is 118 Å². The Balaban J connectivity index is 2.20. The highest BCUT2D eigenvalue weighted by Crippen LogP contribution is 2.34. The van der Waals surface area contributed by atoms with Crippen LogP contribution in [0.3, 0.4) is 0 Å². The van der Waals surface area contributed by atoms with Gasteiger partial charge in [0.15, 0.2) is 5.82 Å². The summed E-state index contributed by atoms with van der Waals surface area (Å²) in [6.45, 7) is 8.08. The first-order chi connectivity index (χ1) is 9.02. The highest BCUT2D eigenvalue weighted by Gasteiger charge is 2.28. The lowest BCUT2D eigenvalue weighted by Crippen LogP contribution is -2.32. The van der Waals surface area contributed by atoms with Crippen LogP contribution in [0.25, 0.3) is 0 Å². The molecule has 0 radical (unpaired) electrons. The third-order valence-corrected chi connectivity index (χ3v) is 4.42. The van der Waals surface area contributed by atoms with Crippen molar-refractivity contribution >= 4 is 28.3 Å². The summed E-state index contributed by atoms with van der Waals surface area (Å²) in [5.74, 6) is 0.943. The van der Waals surface area contributed by atoms with Crippen molar-refractivity contribution in [3.05, 3.63) is 5.56 Å². The molecule has 0 aliphatic carbocycles. The molecule has 19 heavy (non-hydrogen) atoms. The van der Waals surface area contributed by atoms with Crippen LogP contribution in [-0.2, 0) is 0 Å². The summed E-state index contributed by atoms with van der Waals surface area (Å²) in [4.78, 5) is 14.5. The second-order valence-electron chi connectivity index (χ2n) is 5.39. The van der Waals surface area contributed by atoms with Gasteiger partial charge < -0.3 is 16.0 Å². The number of anilines is 2. The highest BCUT2D eigenvalue weighted by atomic mass is 32.1. The molecule has 1 saturated heterocycles. The number of carbonyl (C=O) groups is 1. The first-order valence-electron chi connectivity index (χ1n) is 6.83. The molecule has 1 amide bonds. The summed E-state index contributed by atoms with van der Waals surface area (Å²) in [7, 11) is 0. The van der Waals surface area contributed by atoms with Crippen LogP contribution in [0, 0.1) is 5.92 Å². The molecule has 106 valence electrons. The molecule has 1 unspecified atom stereocenters. The van der Waals surface area contributed by atoms with Crippen molar-refractivity contribution in [2.75, 3.05) is 23.7 Å². The summed E-state index contributed by atoms with van der Waals surface area (Å²) < 4.78 is 4.16. The van der Waals surface area contributed by atoms with Gasteiger partial charge in [-0.25, -0.2) is 0 Å². The minimum atomic E-state index is -0.115. The van der Waals surface area contributed by atoms with Crippen LogP contribution >= 0.6 is 11.5 Å². The van der Waals surface area contributed by atoms with Gasteiger partial charge in [0.05, 0.1) is 0 Å². The number of carbonyl (C=O) groups excluding carboxylic acids is 1. The Morgan fingerprint density at radius 2 is 2.37 bits per heavy atom. The van der Waals surface area contributed by atoms with Gasteiger partial charge in [-0.2, -0.15) is 4.37 Å². The van der Waals surface area contributed by atoms with Gasteiger partial charge in [-0.05, 0) is 37.7 Å². The number of hydrogen-bond donors (Lipinski definition) is 2. The first-order valence-corrected chi connectivity index (χ1v) is 7.61. The minimum absolute atomic E-state index is 0.0987. The number of aromatic nitrogens is 1. The zero-order valence-corrected chi connectivity index (χ0v) is 12.6. The highest BCUT2D eigenvalue weighted by molar-refractivity contribution is 7.11. The predicted octanol–water partition coefficient (Wildman–Crippen LogP) is 2.10. The van der Waals surface area contributed by atoms with Gasteiger partial charge in [0, 0.05) is 19.1 Å². The lowest BCUT2D eigenvalue weighted by atomic mass is 10.1. The van der Waals surface area contributed by atoms with E-state index in [1.165, 1.54) is 24.4 Å². The van der Waals surface area contributed by atoms with E-state index in [0.717, 1.165) is 18.1 Å². The van der Waals surface area contributed by atoms with Crippen molar-refractivity contribution in [2.45, 2.75) is 39.7 Å². The van der Waals surface area contributed by atoms with Crippen LogP contribution in [0.15, 0.2) is 0 Å². The van der Waals surface area contributed by atoms with Crippen molar-refractivity contribution in [3.63, 3.8) is 0 Å². The summed E-state index contributed by atoms with van der Waals surface area (Å²) in [5.41, 5.74) is 6.42. The molecule has 3 N–H and O–H groups in total. The van der Waals surface area contributed by atoms with E-state index < -0.39 is 0 Å². The molecule has 6 heteroatoms. The number of hydrogen-bond acceptors (Lipinski definition) is 5. The Morgan fingerprint density at radius 3 is 2.95 bits per heavy atom. The lowest BCUT2D eigenvalue weighted by Gasteiger charge is -2.18. The molecule has 0 bridgehead atoms. The molecular formula is C13H22N4OS. The zero-order valence-electron chi connectivity index (χ0n) is 11.8. The predicted molar refractivity (Wildman–Crippen MR) is 79.7 cm³/mol. The molecule has 1 aromatic heterocycles. The van der Waals surface area contributed by atoms with Gasteiger partial charge in [-0.15, -0.1) is 0 Å². The fraction of sp³-hybridized carbons (Fsp3) is 0.692. The molecular weight excluding hydrogens is 260 g/mol. The average Bonchev–Trinajstić information content (AvgIpc) is 2.93. The molecule has 1 aliphatic rings. The number of nitrogens with two attached hydrogens (primary N) is 1. The van der Waals surface area contributed by atoms with E-state index in [4.69, 9.17) is 5.73 Å². The van der Waals surface area contributed by atoms with E-state index in [2.05, 4.69) is 21.5 Å². The number of amides is 1. The summed E-state index contributed by atoms with van der Waals surface area (Å²) >= 11 is 1.33. The van der Waals surface area contributed by atoms with Crippen molar-refractivity contribution in [1.82, 2.24) is 9.69 Å². The Kier molecular flexibility index (Phi) is 4.29. The van der Waals surface area contributed by atoms with Gasteiger partial charge >= 0.3 is 0 Å². The average molecular weight is 282 g/mol. The van der Waals surface area contributed by atoms with Crippen LogP contribution in [0.4, 0.5) is 10.8 Å². The normalized spacial score (nSPS) is 19.2. The molecule has 0 saturated carbocycles. The largest absolute Gasteiger partial charge is 0.382 e. The Bertz CT molecular complexity index is 457. The monoisotopic (exact) mass is 282 g/mol. The van der Waals surface area contributed by atoms with Crippen LogP contribution in [0.2, 0.25) is 0 Å². The second kappa shape index (κ2) is 5.77. The molecule has 1 aromatic rings. The number of nitrogens with one attached hydrogen (secondary N) is 1. The van der Waals surface area contributed by atoms with E-state index in [1.807, 2.05) is 13.8 Å². The van der Waals surface area contributed by atoms with E-state index >= 15 is 0 Å². The van der Waals surface area contributed by atoms with E-state index in [-0.39, 0.29) is 11.9 Å². The number of rotatable bonds is 4. The Hall–Kier alpha value is -1.30. The fourth-order valence-electron chi connectivity index (χ4n) is 2.41. The van der Waals surface area contributed by atoms with Gasteiger partial charge in [0.2, 0.25) is 0 Å². The van der Waals surface area contributed by atoms with Gasteiger partial charge in [0.25, 0.3) is 5.91 Å². The molecule has 5 nitrogen and oxygen atoms in total. The van der Waals surface area contributed by atoms with Crippen molar-refractivity contribution in [1.29, 1.82) is 0 Å². The van der Waals surface area contributed by atoms with E-state index in [1.54, 1.807) is 0 Å². The second-order valence-corrected chi connectivity index (χ2v) is 6.14. The molecule has 0 aromatic carbocycles. The molecule has 2 rings (SSSR count). The number of nitrogens with zero attached hydrogens (tertiary/aromatic N) is 2. The quantitative estimate of drug-likeness (QED) is 0.887. The van der Waals surface area contributed by atoms with Crippen molar-refractivity contribution in [3.8, 4) is 0 Å². The lowest BCUT2D eigenvalue weighted by molar-refractivity contribution is 0.0945. The summed E-state index contributed by atoms with van der Waals surface area (Å²) in [6.07, 6.45) is 2.36. The molecule has 1 aliphatic heterocycles. The minimum Gasteiger partial charge on any atom is -0.382 e. The van der Waals surface area contributed by atoms with E-state index in [0.29, 0.717) is 17.3 Å². The third kappa shape index (κ3) is 3.00. The van der Waals surface area contributed by atoms with Crippen LogP contribution in [0.1, 0.15) is 44.0 Å². The van der Waals surface area contributed by atoms with Gasteiger partial charge in [-0.3, -0.25) is 4.79 Å². The van der Waals surface area contributed by atoms with Gasteiger partial charge in [-0.1, -0.05) is 13.3 Å². The molecule has 2 heterocycles. The summed E-state index contributed by atoms with van der Waals surface area (Å²) in [6, 6.07) is 0.0987. The molecule has 1 fully saturated rings. The fourth-order valence-corrected chi connectivity index (χ4v) is 3.25. The van der Waals surface area contributed by atoms with Crippen LogP contribution < -0.4 is 16.0 Å².